The molecule has 2 aromatic rings. The highest BCUT2D eigenvalue weighted by molar-refractivity contribution is 7.98. The fraction of sp³-hybridized carbons (Fsp3) is 0.0769. The second kappa shape index (κ2) is 5.24. The van der Waals surface area contributed by atoms with E-state index in [4.69, 9.17) is 11.6 Å². The van der Waals surface area contributed by atoms with Crippen molar-refractivity contribution in [2.45, 2.75) is 10.6 Å². The molecule has 75 valence electrons. The lowest BCUT2D eigenvalue weighted by atomic mass is 10.2. The van der Waals surface area contributed by atoms with Crippen molar-refractivity contribution in [1.82, 2.24) is 0 Å². The standard InChI is InChI=1S/C13H10ClS/c14-13-9-5-4-6-11(13)10-15-12-7-2-1-3-8-12/h2-9H,10H2. The van der Waals surface area contributed by atoms with Crippen LogP contribution in [0.1, 0.15) is 5.56 Å². The summed E-state index contributed by atoms with van der Waals surface area (Å²) in [4.78, 5) is 1.24. The van der Waals surface area contributed by atoms with Gasteiger partial charge in [-0.1, -0.05) is 41.9 Å². The predicted octanol–water partition coefficient (Wildman–Crippen LogP) is 4.43. The summed E-state index contributed by atoms with van der Waals surface area (Å²) in [6.45, 7) is 0. The van der Waals surface area contributed by atoms with Gasteiger partial charge in [0.2, 0.25) is 0 Å². The smallest absolute Gasteiger partial charge is 0.0446 e. The molecule has 1 radical (unpaired) electrons. The van der Waals surface area contributed by atoms with Crippen LogP contribution in [0.25, 0.3) is 0 Å². The summed E-state index contributed by atoms with van der Waals surface area (Å²) in [5.74, 6) is 0.906. The van der Waals surface area contributed by atoms with Gasteiger partial charge in [0.1, 0.15) is 0 Å². The monoisotopic (exact) mass is 233 g/mol. The Hall–Kier alpha value is -0.920. The third kappa shape index (κ3) is 3.01. The van der Waals surface area contributed by atoms with E-state index in [1.165, 1.54) is 10.5 Å². The van der Waals surface area contributed by atoms with Crippen molar-refractivity contribution in [1.29, 1.82) is 0 Å². The average Bonchev–Trinajstić information content (AvgIpc) is 2.29. The molecule has 0 fully saturated rings. The van der Waals surface area contributed by atoms with Crippen LogP contribution in [0.4, 0.5) is 0 Å². The van der Waals surface area contributed by atoms with Crippen molar-refractivity contribution in [3.63, 3.8) is 0 Å². The van der Waals surface area contributed by atoms with Gasteiger partial charge in [-0.05, 0) is 29.8 Å². The predicted molar refractivity (Wildman–Crippen MR) is 66.3 cm³/mol. The number of hydrogen-bond acceptors (Lipinski definition) is 1. The molecule has 0 amide bonds. The Bertz CT molecular complexity index is 426. The minimum absolute atomic E-state index is 0.840. The summed E-state index contributed by atoms with van der Waals surface area (Å²) >= 11 is 7.85. The Labute approximate surface area is 99.3 Å². The van der Waals surface area contributed by atoms with Crippen molar-refractivity contribution >= 4 is 23.4 Å². The quantitative estimate of drug-likeness (QED) is 0.707. The number of benzene rings is 2. The second-order valence-corrected chi connectivity index (χ2v) is 4.57. The Balaban J connectivity index is 2.03. The lowest BCUT2D eigenvalue weighted by molar-refractivity contribution is 1.38. The van der Waals surface area contributed by atoms with Crippen LogP contribution < -0.4 is 0 Å². The normalized spacial score (nSPS) is 10.2. The van der Waals surface area contributed by atoms with E-state index in [9.17, 15) is 0 Å². The molecule has 2 rings (SSSR count). The average molecular weight is 234 g/mol. The van der Waals surface area contributed by atoms with E-state index < -0.39 is 0 Å². The molecule has 0 unspecified atom stereocenters. The number of thioether (sulfide) groups is 1. The zero-order valence-electron chi connectivity index (χ0n) is 8.11. The molecule has 0 saturated heterocycles. The fourth-order valence-corrected chi connectivity index (χ4v) is 2.43. The first-order valence-corrected chi connectivity index (χ1v) is 6.05. The first-order valence-electron chi connectivity index (χ1n) is 4.68. The topological polar surface area (TPSA) is 0 Å². The molecule has 0 heterocycles. The largest absolute Gasteiger partial charge is 0.121 e. The lowest BCUT2D eigenvalue weighted by Crippen LogP contribution is -1.81. The third-order valence-corrected chi connectivity index (χ3v) is 3.47. The summed E-state index contributed by atoms with van der Waals surface area (Å²) in [5, 5.41) is 0.840. The Morgan fingerprint density at radius 2 is 1.80 bits per heavy atom. The van der Waals surface area contributed by atoms with Gasteiger partial charge in [0.15, 0.2) is 0 Å². The molecule has 15 heavy (non-hydrogen) atoms. The van der Waals surface area contributed by atoms with E-state index in [0.717, 1.165) is 10.8 Å². The molecule has 0 atom stereocenters. The highest BCUT2D eigenvalue weighted by atomic mass is 35.5. The molecule has 2 aromatic carbocycles. The zero-order valence-corrected chi connectivity index (χ0v) is 9.68. The Kier molecular flexibility index (Phi) is 3.70. The number of rotatable bonds is 3. The number of halogens is 1. The summed E-state index contributed by atoms with van der Waals surface area (Å²) in [6, 6.07) is 18.9. The van der Waals surface area contributed by atoms with Gasteiger partial charge in [0.25, 0.3) is 0 Å². The molecule has 0 nitrogen and oxygen atoms in total. The van der Waals surface area contributed by atoms with Crippen molar-refractivity contribution in [2.24, 2.45) is 0 Å². The van der Waals surface area contributed by atoms with Crippen LogP contribution in [0.5, 0.6) is 0 Å². The maximum absolute atomic E-state index is 6.07. The summed E-state index contributed by atoms with van der Waals surface area (Å²) in [5.41, 5.74) is 1.18. The van der Waals surface area contributed by atoms with E-state index in [1.54, 1.807) is 11.8 Å². The van der Waals surface area contributed by atoms with Gasteiger partial charge in [-0.15, -0.1) is 11.8 Å². The van der Waals surface area contributed by atoms with Crippen LogP contribution in [0.2, 0.25) is 5.02 Å². The van der Waals surface area contributed by atoms with Crippen LogP contribution in [-0.4, -0.2) is 0 Å². The minimum Gasteiger partial charge on any atom is -0.121 e. The molecule has 0 aromatic heterocycles. The Morgan fingerprint density at radius 1 is 1.07 bits per heavy atom. The third-order valence-electron chi connectivity index (χ3n) is 2.04. The van der Waals surface area contributed by atoms with Crippen molar-refractivity contribution in [3.8, 4) is 0 Å². The van der Waals surface area contributed by atoms with Crippen LogP contribution >= 0.6 is 23.4 Å². The van der Waals surface area contributed by atoms with Gasteiger partial charge in [-0.3, -0.25) is 0 Å². The number of hydrogen-bond donors (Lipinski definition) is 0. The van der Waals surface area contributed by atoms with Crippen LogP contribution in [0, 0.1) is 6.07 Å². The maximum Gasteiger partial charge on any atom is 0.0446 e. The Morgan fingerprint density at radius 3 is 2.53 bits per heavy atom. The van der Waals surface area contributed by atoms with Crippen molar-refractivity contribution < 1.29 is 0 Å². The second-order valence-electron chi connectivity index (χ2n) is 3.12. The van der Waals surface area contributed by atoms with E-state index in [1.807, 2.05) is 30.3 Å². The van der Waals surface area contributed by atoms with E-state index >= 15 is 0 Å². The molecule has 0 spiro atoms. The van der Waals surface area contributed by atoms with Gasteiger partial charge >= 0.3 is 0 Å². The van der Waals surface area contributed by atoms with Crippen LogP contribution in [-0.2, 0) is 5.75 Å². The SMILES string of the molecule is Clc1ccccc1CSc1cc[c]cc1. The summed E-state index contributed by atoms with van der Waals surface area (Å²) in [7, 11) is 0. The lowest BCUT2D eigenvalue weighted by Gasteiger charge is -2.03. The highest BCUT2D eigenvalue weighted by Crippen LogP contribution is 2.25. The first kappa shape index (κ1) is 10.6. The molecule has 2 heteroatoms. The zero-order chi connectivity index (χ0) is 10.5. The molecule has 0 saturated carbocycles. The van der Waals surface area contributed by atoms with Gasteiger partial charge in [-0.2, -0.15) is 0 Å². The van der Waals surface area contributed by atoms with Gasteiger partial charge in [-0.25, -0.2) is 0 Å². The van der Waals surface area contributed by atoms with E-state index in [2.05, 4.69) is 24.3 Å². The first-order chi connectivity index (χ1) is 7.36. The minimum atomic E-state index is 0.840. The van der Waals surface area contributed by atoms with Gasteiger partial charge in [0.05, 0.1) is 0 Å². The highest BCUT2D eigenvalue weighted by Gasteiger charge is 1.99. The van der Waals surface area contributed by atoms with Gasteiger partial charge in [0, 0.05) is 15.7 Å². The van der Waals surface area contributed by atoms with E-state index in [-0.39, 0.29) is 0 Å². The van der Waals surface area contributed by atoms with Crippen LogP contribution in [0.3, 0.4) is 0 Å². The molecule has 0 N–H and O–H groups in total. The molecular formula is C13H10ClS. The molecular weight excluding hydrogens is 224 g/mol. The molecule has 0 aliphatic heterocycles. The van der Waals surface area contributed by atoms with Crippen molar-refractivity contribution in [3.05, 3.63) is 65.2 Å². The fourth-order valence-electron chi connectivity index (χ4n) is 1.24. The maximum atomic E-state index is 6.07. The van der Waals surface area contributed by atoms with Crippen molar-refractivity contribution in [2.75, 3.05) is 0 Å². The van der Waals surface area contributed by atoms with Gasteiger partial charge < -0.3 is 0 Å². The van der Waals surface area contributed by atoms with E-state index in [0.29, 0.717) is 0 Å². The molecule has 0 bridgehead atoms. The van der Waals surface area contributed by atoms with Crippen LogP contribution in [0.15, 0.2) is 53.4 Å². The molecule has 0 aliphatic rings. The molecule has 0 aliphatic carbocycles. The summed E-state index contributed by atoms with van der Waals surface area (Å²) < 4.78 is 0. The summed E-state index contributed by atoms with van der Waals surface area (Å²) in [6.07, 6.45) is 0.